The van der Waals surface area contributed by atoms with Gasteiger partial charge in [-0.15, -0.1) is 0 Å². The molecule has 0 aliphatic heterocycles. The van der Waals surface area contributed by atoms with Crippen LogP contribution in [0.25, 0.3) is 0 Å². The average molecular weight is 293 g/mol. The molecule has 3 atom stereocenters. The topological polar surface area (TPSA) is 66.4 Å². The Bertz CT molecular complexity index is 445. The molecule has 0 spiro atoms. The zero-order valence-corrected chi connectivity index (χ0v) is 13.2. The Balaban J connectivity index is 1.76. The summed E-state index contributed by atoms with van der Waals surface area (Å²) in [7, 11) is 0. The van der Waals surface area contributed by atoms with E-state index in [1.165, 1.54) is 19.3 Å². The predicted octanol–water partition coefficient (Wildman–Crippen LogP) is 2.96. The SMILES string of the molecule is CCC[C@@H](NC(=O)C12CC3CC(CC(C)(C3)C1)C2)C(=O)O. The van der Waals surface area contributed by atoms with Crippen molar-refractivity contribution in [3.8, 4) is 0 Å². The number of nitrogens with one attached hydrogen (secondary N) is 1. The third-order valence-corrected chi connectivity index (χ3v) is 6.02. The number of carbonyl (C=O) groups is 2. The number of hydrogen-bond donors (Lipinski definition) is 2. The van der Waals surface area contributed by atoms with E-state index in [1.54, 1.807) is 0 Å². The highest BCUT2D eigenvalue weighted by molar-refractivity contribution is 5.87. The summed E-state index contributed by atoms with van der Waals surface area (Å²) in [6.07, 6.45) is 7.99. The fourth-order valence-corrected chi connectivity index (χ4v) is 5.84. The van der Waals surface area contributed by atoms with Crippen molar-refractivity contribution < 1.29 is 14.7 Å². The molecule has 4 saturated carbocycles. The summed E-state index contributed by atoms with van der Waals surface area (Å²) < 4.78 is 0. The summed E-state index contributed by atoms with van der Waals surface area (Å²) >= 11 is 0. The molecule has 2 unspecified atom stereocenters. The first-order valence-electron chi connectivity index (χ1n) is 8.40. The molecular formula is C17H27NO3. The van der Waals surface area contributed by atoms with Gasteiger partial charge in [0.1, 0.15) is 6.04 Å². The number of carbonyl (C=O) groups excluding carboxylic acids is 1. The minimum absolute atomic E-state index is 0.0173. The van der Waals surface area contributed by atoms with Crippen molar-refractivity contribution in [2.75, 3.05) is 0 Å². The Hall–Kier alpha value is -1.06. The van der Waals surface area contributed by atoms with Crippen LogP contribution in [0.4, 0.5) is 0 Å². The second-order valence-corrected chi connectivity index (χ2v) is 8.20. The smallest absolute Gasteiger partial charge is 0.326 e. The molecule has 0 radical (unpaired) electrons. The molecule has 4 heteroatoms. The van der Waals surface area contributed by atoms with E-state index in [4.69, 9.17) is 0 Å². The fraction of sp³-hybridized carbons (Fsp3) is 0.882. The minimum atomic E-state index is -0.902. The first kappa shape index (κ1) is 14.9. The van der Waals surface area contributed by atoms with Crippen molar-refractivity contribution in [3.63, 3.8) is 0 Å². The lowest BCUT2D eigenvalue weighted by atomic mass is 9.44. The molecule has 0 saturated heterocycles. The molecule has 0 aromatic carbocycles. The van der Waals surface area contributed by atoms with E-state index >= 15 is 0 Å². The van der Waals surface area contributed by atoms with Crippen LogP contribution in [0.3, 0.4) is 0 Å². The van der Waals surface area contributed by atoms with Gasteiger partial charge in [0, 0.05) is 0 Å². The first-order valence-corrected chi connectivity index (χ1v) is 8.40. The number of rotatable bonds is 5. The van der Waals surface area contributed by atoms with E-state index in [-0.39, 0.29) is 11.3 Å². The molecule has 1 amide bonds. The van der Waals surface area contributed by atoms with Gasteiger partial charge in [0.25, 0.3) is 0 Å². The number of aliphatic carboxylic acids is 1. The highest BCUT2D eigenvalue weighted by atomic mass is 16.4. The maximum absolute atomic E-state index is 12.9. The van der Waals surface area contributed by atoms with Crippen LogP contribution in [0.5, 0.6) is 0 Å². The van der Waals surface area contributed by atoms with Crippen molar-refractivity contribution in [2.45, 2.75) is 71.3 Å². The van der Waals surface area contributed by atoms with Gasteiger partial charge in [-0.3, -0.25) is 4.79 Å². The van der Waals surface area contributed by atoms with Gasteiger partial charge in [-0.2, -0.15) is 0 Å². The third kappa shape index (κ3) is 2.58. The molecule has 4 aliphatic carbocycles. The summed E-state index contributed by atoms with van der Waals surface area (Å²) in [6.45, 7) is 4.28. The Morgan fingerprint density at radius 1 is 1.24 bits per heavy atom. The summed E-state index contributed by atoms with van der Waals surface area (Å²) in [5.41, 5.74) is 0.0329. The van der Waals surface area contributed by atoms with Crippen molar-refractivity contribution in [2.24, 2.45) is 22.7 Å². The van der Waals surface area contributed by atoms with E-state index < -0.39 is 12.0 Å². The monoisotopic (exact) mass is 293 g/mol. The van der Waals surface area contributed by atoms with E-state index in [9.17, 15) is 14.7 Å². The molecule has 4 rings (SSSR count). The van der Waals surface area contributed by atoms with Crippen molar-refractivity contribution in [1.29, 1.82) is 0 Å². The van der Waals surface area contributed by atoms with Crippen LogP contribution in [0, 0.1) is 22.7 Å². The van der Waals surface area contributed by atoms with Crippen LogP contribution < -0.4 is 5.32 Å². The lowest BCUT2D eigenvalue weighted by Gasteiger charge is -2.60. The van der Waals surface area contributed by atoms with Crippen LogP contribution >= 0.6 is 0 Å². The number of carboxylic acid groups (broad SMARTS) is 1. The van der Waals surface area contributed by atoms with Gasteiger partial charge in [-0.1, -0.05) is 20.3 Å². The maximum atomic E-state index is 12.9. The summed E-state index contributed by atoms with van der Waals surface area (Å²) in [4.78, 5) is 24.2. The first-order chi connectivity index (χ1) is 9.86. The maximum Gasteiger partial charge on any atom is 0.326 e. The van der Waals surface area contributed by atoms with Gasteiger partial charge in [0.15, 0.2) is 0 Å². The minimum Gasteiger partial charge on any atom is -0.480 e. The van der Waals surface area contributed by atoms with E-state index in [0.29, 0.717) is 23.7 Å². The molecule has 118 valence electrons. The number of carboxylic acids is 1. The molecule has 0 aromatic rings. The molecule has 21 heavy (non-hydrogen) atoms. The lowest BCUT2D eigenvalue weighted by Crippen LogP contribution is -2.58. The summed E-state index contributed by atoms with van der Waals surface area (Å²) in [6, 6.07) is -0.719. The standard InChI is InChI=1S/C17H27NO3/c1-3-4-13(14(19)20)18-15(21)17-8-11-5-12(9-17)7-16(2,6-11)10-17/h11-13H,3-10H2,1-2H3,(H,18,21)(H,19,20)/t11?,12?,13-,16?,17?/m1/s1. The largest absolute Gasteiger partial charge is 0.480 e. The fourth-order valence-electron chi connectivity index (χ4n) is 5.84. The van der Waals surface area contributed by atoms with Crippen LogP contribution in [0.1, 0.15) is 65.2 Å². The number of amides is 1. The molecule has 4 fully saturated rings. The second-order valence-electron chi connectivity index (χ2n) is 8.20. The Morgan fingerprint density at radius 3 is 2.33 bits per heavy atom. The van der Waals surface area contributed by atoms with Crippen LogP contribution in [0.15, 0.2) is 0 Å². The Morgan fingerprint density at radius 2 is 1.86 bits per heavy atom. The normalized spacial score (nSPS) is 41.8. The molecule has 0 heterocycles. The molecule has 4 aliphatic rings. The molecule has 2 N–H and O–H groups in total. The Labute approximate surface area is 126 Å². The summed E-state index contributed by atoms with van der Waals surface area (Å²) in [5.74, 6) is 0.470. The van der Waals surface area contributed by atoms with E-state index in [0.717, 1.165) is 25.7 Å². The predicted molar refractivity (Wildman–Crippen MR) is 79.7 cm³/mol. The molecule has 4 bridgehead atoms. The Kier molecular flexibility index (Phi) is 3.53. The molecule has 4 nitrogen and oxygen atoms in total. The van der Waals surface area contributed by atoms with Gasteiger partial charge in [0.2, 0.25) is 5.91 Å². The molecule has 0 aromatic heterocycles. The van der Waals surface area contributed by atoms with Gasteiger partial charge >= 0.3 is 5.97 Å². The zero-order valence-electron chi connectivity index (χ0n) is 13.2. The van der Waals surface area contributed by atoms with Crippen molar-refractivity contribution >= 4 is 11.9 Å². The number of hydrogen-bond acceptors (Lipinski definition) is 2. The lowest BCUT2D eigenvalue weighted by molar-refractivity contribution is -0.158. The quantitative estimate of drug-likeness (QED) is 0.819. The highest BCUT2D eigenvalue weighted by Crippen LogP contribution is 2.65. The van der Waals surface area contributed by atoms with E-state index in [1.807, 2.05) is 6.92 Å². The van der Waals surface area contributed by atoms with Gasteiger partial charge < -0.3 is 10.4 Å². The average Bonchev–Trinajstić information content (AvgIpc) is 2.34. The second kappa shape index (κ2) is 4.99. The summed E-state index contributed by atoms with van der Waals surface area (Å²) in [5, 5.41) is 12.1. The van der Waals surface area contributed by atoms with Crippen LogP contribution in [0.2, 0.25) is 0 Å². The third-order valence-electron chi connectivity index (χ3n) is 6.02. The van der Waals surface area contributed by atoms with Crippen LogP contribution in [-0.4, -0.2) is 23.0 Å². The van der Waals surface area contributed by atoms with Gasteiger partial charge in [-0.05, 0) is 62.2 Å². The van der Waals surface area contributed by atoms with E-state index in [2.05, 4.69) is 12.2 Å². The van der Waals surface area contributed by atoms with Gasteiger partial charge in [0.05, 0.1) is 5.41 Å². The van der Waals surface area contributed by atoms with Gasteiger partial charge in [-0.25, -0.2) is 4.79 Å². The van der Waals surface area contributed by atoms with Crippen molar-refractivity contribution in [1.82, 2.24) is 5.32 Å². The van der Waals surface area contributed by atoms with Crippen LogP contribution in [-0.2, 0) is 9.59 Å². The van der Waals surface area contributed by atoms with Crippen molar-refractivity contribution in [3.05, 3.63) is 0 Å². The zero-order chi connectivity index (χ0) is 15.3. The molecular weight excluding hydrogens is 266 g/mol. The highest BCUT2D eigenvalue weighted by Gasteiger charge is 2.59.